The number of nitrogens with one attached hydrogen (secondary N) is 1. The van der Waals surface area contributed by atoms with Gasteiger partial charge in [0.1, 0.15) is 0 Å². The first kappa shape index (κ1) is 15.3. The topological polar surface area (TPSA) is 63.2 Å². The third kappa shape index (κ3) is 4.80. The largest absolute Gasteiger partial charge is 0.352 e. The van der Waals surface area contributed by atoms with Gasteiger partial charge in [-0.15, -0.1) is 0 Å². The average Bonchev–Trinajstić information content (AvgIpc) is 2.37. The Morgan fingerprint density at radius 2 is 2.00 bits per heavy atom. The molecule has 4 nitrogen and oxygen atoms in total. The lowest BCUT2D eigenvalue weighted by Crippen LogP contribution is -2.43. The van der Waals surface area contributed by atoms with Crippen LogP contribution in [0.25, 0.3) is 0 Å². The molecule has 0 spiro atoms. The van der Waals surface area contributed by atoms with Crippen molar-refractivity contribution < 1.29 is 13.2 Å². The first-order valence-electron chi connectivity index (χ1n) is 6.69. The Morgan fingerprint density at radius 3 is 2.65 bits per heavy atom. The summed E-state index contributed by atoms with van der Waals surface area (Å²) < 4.78 is 23.0. The van der Waals surface area contributed by atoms with Crippen LogP contribution in [0.3, 0.4) is 0 Å². The molecule has 1 saturated heterocycles. The van der Waals surface area contributed by atoms with Crippen molar-refractivity contribution in [1.29, 1.82) is 0 Å². The zero-order valence-corrected chi connectivity index (χ0v) is 12.7. The second-order valence-electron chi connectivity index (χ2n) is 5.15. The molecule has 6 heteroatoms. The maximum Gasteiger partial charge on any atom is 0.220 e. The molecule has 1 N–H and O–H groups in total. The molecule has 0 radical (unpaired) electrons. The zero-order chi connectivity index (χ0) is 14.6. The minimum absolute atomic E-state index is 0.0691. The van der Waals surface area contributed by atoms with Crippen LogP contribution in [-0.2, 0) is 21.1 Å². The van der Waals surface area contributed by atoms with Crippen LogP contribution in [0.4, 0.5) is 0 Å². The van der Waals surface area contributed by atoms with Crippen molar-refractivity contribution in [3.8, 4) is 0 Å². The molecule has 20 heavy (non-hydrogen) atoms. The normalized spacial score (nSPS) is 21.4. The number of halogens is 1. The highest BCUT2D eigenvalue weighted by Crippen LogP contribution is 2.13. The second-order valence-corrected chi connectivity index (χ2v) is 7.81. The molecule has 2 rings (SSSR count). The maximum absolute atomic E-state index is 11.8. The van der Waals surface area contributed by atoms with Gasteiger partial charge in [-0.3, -0.25) is 4.79 Å². The number of rotatable bonds is 4. The Labute approximate surface area is 124 Å². The van der Waals surface area contributed by atoms with E-state index in [0.717, 1.165) is 12.0 Å². The fraction of sp³-hybridized carbons (Fsp3) is 0.500. The Hall–Kier alpha value is -1.07. The summed E-state index contributed by atoms with van der Waals surface area (Å²) in [6.45, 7) is 0. The number of aryl methyl sites for hydroxylation is 1. The molecular formula is C14H18ClNO3S. The first-order chi connectivity index (χ1) is 9.44. The van der Waals surface area contributed by atoms with Gasteiger partial charge in [-0.05, 0) is 37.0 Å². The van der Waals surface area contributed by atoms with E-state index in [-0.39, 0.29) is 23.5 Å². The van der Waals surface area contributed by atoms with Gasteiger partial charge >= 0.3 is 0 Å². The van der Waals surface area contributed by atoms with Crippen molar-refractivity contribution in [1.82, 2.24) is 5.32 Å². The second kappa shape index (κ2) is 6.59. The maximum atomic E-state index is 11.8. The van der Waals surface area contributed by atoms with E-state index in [4.69, 9.17) is 11.6 Å². The molecule has 1 aliphatic heterocycles. The van der Waals surface area contributed by atoms with Crippen molar-refractivity contribution in [3.05, 3.63) is 34.9 Å². The summed E-state index contributed by atoms with van der Waals surface area (Å²) in [5.74, 6) is 0.214. The third-order valence-electron chi connectivity index (χ3n) is 3.38. The number of hydrogen-bond acceptors (Lipinski definition) is 3. The third-order valence-corrected chi connectivity index (χ3v) is 5.46. The molecule has 1 fully saturated rings. The van der Waals surface area contributed by atoms with Gasteiger partial charge in [0.2, 0.25) is 5.91 Å². The van der Waals surface area contributed by atoms with E-state index in [1.165, 1.54) is 0 Å². The van der Waals surface area contributed by atoms with E-state index in [1.54, 1.807) is 12.1 Å². The summed E-state index contributed by atoms with van der Waals surface area (Å²) in [6.07, 6.45) is 2.36. The first-order valence-corrected chi connectivity index (χ1v) is 8.89. The minimum Gasteiger partial charge on any atom is -0.352 e. The summed E-state index contributed by atoms with van der Waals surface area (Å²) in [5.41, 5.74) is 1.04. The highest BCUT2D eigenvalue weighted by Gasteiger charge is 2.25. The van der Waals surface area contributed by atoms with Gasteiger partial charge in [-0.1, -0.05) is 23.7 Å². The fourth-order valence-corrected chi connectivity index (χ4v) is 4.11. The van der Waals surface area contributed by atoms with Crippen molar-refractivity contribution in [2.45, 2.75) is 31.7 Å². The van der Waals surface area contributed by atoms with Crippen LogP contribution >= 0.6 is 11.6 Å². The fourth-order valence-electron chi connectivity index (χ4n) is 2.35. The standard InChI is InChI=1S/C14H18ClNO3S/c15-12-6-3-11(4-7-12)5-8-14(17)16-13-2-1-9-20(18,19)10-13/h3-4,6-7,13H,1-2,5,8-10H2,(H,16,17)/t13-/m1/s1. The molecule has 1 heterocycles. The molecule has 1 atom stereocenters. The number of amides is 1. The molecule has 0 aliphatic carbocycles. The number of carbonyl (C=O) groups excluding carboxylic acids is 1. The summed E-state index contributed by atoms with van der Waals surface area (Å²) in [6, 6.07) is 7.14. The van der Waals surface area contributed by atoms with E-state index in [1.807, 2.05) is 12.1 Å². The Kier molecular flexibility index (Phi) is 5.05. The van der Waals surface area contributed by atoms with Gasteiger partial charge in [0, 0.05) is 17.5 Å². The highest BCUT2D eigenvalue weighted by atomic mass is 35.5. The molecule has 1 amide bonds. The number of carbonyl (C=O) groups is 1. The molecule has 0 bridgehead atoms. The van der Waals surface area contributed by atoms with Gasteiger partial charge in [0.05, 0.1) is 11.5 Å². The van der Waals surface area contributed by atoms with Crippen LogP contribution in [0.2, 0.25) is 5.02 Å². The van der Waals surface area contributed by atoms with E-state index in [0.29, 0.717) is 24.3 Å². The van der Waals surface area contributed by atoms with Gasteiger partial charge in [0.25, 0.3) is 0 Å². The lowest BCUT2D eigenvalue weighted by molar-refractivity contribution is -0.121. The lowest BCUT2D eigenvalue weighted by atomic mass is 10.1. The smallest absolute Gasteiger partial charge is 0.220 e. The summed E-state index contributed by atoms with van der Waals surface area (Å²) in [4.78, 5) is 11.8. The summed E-state index contributed by atoms with van der Waals surface area (Å²) in [5, 5.41) is 3.48. The van der Waals surface area contributed by atoms with Crippen LogP contribution in [-0.4, -0.2) is 31.9 Å². The minimum atomic E-state index is -2.98. The average molecular weight is 316 g/mol. The van der Waals surface area contributed by atoms with Gasteiger partial charge in [-0.25, -0.2) is 8.42 Å². The molecule has 0 aromatic heterocycles. The van der Waals surface area contributed by atoms with Gasteiger partial charge in [0.15, 0.2) is 9.84 Å². The Morgan fingerprint density at radius 1 is 1.30 bits per heavy atom. The predicted octanol–water partition coefficient (Wildman–Crippen LogP) is 1.97. The number of sulfone groups is 1. The molecule has 1 aliphatic rings. The van der Waals surface area contributed by atoms with E-state index in [2.05, 4.69) is 5.32 Å². The van der Waals surface area contributed by atoms with Crippen LogP contribution in [0, 0.1) is 0 Å². The van der Waals surface area contributed by atoms with Crippen LogP contribution in [0.5, 0.6) is 0 Å². The molecule has 110 valence electrons. The van der Waals surface area contributed by atoms with E-state index >= 15 is 0 Å². The summed E-state index contributed by atoms with van der Waals surface area (Å²) in [7, 11) is -2.98. The van der Waals surface area contributed by atoms with E-state index < -0.39 is 9.84 Å². The molecule has 0 unspecified atom stereocenters. The highest BCUT2D eigenvalue weighted by molar-refractivity contribution is 7.91. The molecule has 1 aromatic carbocycles. The van der Waals surface area contributed by atoms with Crippen LogP contribution in [0.15, 0.2) is 24.3 Å². The van der Waals surface area contributed by atoms with Crippen molar-refractivity contribution in [2.75, 3.05) is 11.5 Å². The summed E-state index contributed by atoms with van der Waals surface area (Å²) >= 11 is 5.79. The van der Waals surface area contributed by atoms with E-state index in [9.17, 15) is 13.2 Å². The zero-order valence-electron chi connectivity index (χ0n) is 11.1. The SMILES string of the molecule is O=C(CCc1ccc(Cl)cc1)N[C@@H]1CCCS(=O)(=O)C1. The van der Waals surface area contributed by atoms with Crippen molar-refractivity contribution in [2.24, 2.45) is 0 Å². The van der Waals surface area contributed by atoms with Crippen LogP contribution in [0.1, 0.15) is 24.8 Å². The number of hydrogen-bond donors (Lipinski definition) is 1. The Bertz CT molecular complexity index is 569. The molecule has 0 saturated carbocycles. The van der Waals surface area contributed by atoms with Crippen molar-refractivity contribution in [3.63, 3.8) is 0 Å². The monoisotopic (exact) mass is 315 g/mol. The van der Waals surface area contributed by atoms with Gasteiger partial charge < -0.3 is 5.32 Å². The number of benzene rings is 1. The molecule has 1 aromatic rings. The van der Waals surface area contributed by atoms with Crippen molar-refractivity contribution >= 4 is 27.3 Å². The predicted molar refractivity (Wildman–Crippen MR) is 79.6 cm³/mol. The Balaban J connectivity index is 1.79. The van der Waals surface area contributed by atoms with Gasteiger partial charge in [-0.2, -0.15) is 0 Å². The van der Waals surface area contributed by atoms with Crippen LogP contribution < -0.4 is 5.32 Å². The lowest BCUT2D eigenvalue weighted by Gasteiger charge is -2.23. The quantitative estimate of drug-likeness (QED) is 0.924. The molecular weight excluding hydrogens is 298 g/mol.